The first kappa shape index (κ1) is 19.9. The van der Waals surface area contributed by atoms with Gasteiger partial charge >= 0.3 is 0 Å². The molecule has 2 aromatic carbocycles. The molecule has 0 bridgehead atoms. The molecule has 156 valence electrons. The van der Waals surface area contributed by atoms with Gasteiger partial charge in [0.2, 0.25) is 0 Å². The molecule has 0 aliphatic carbocycles. The molecule has 0 spiro atoms. The van der Waals surface area contributed by atoms with E-state index in [-0.39, 0.29) is 17.3 Å². The monoisotopic (exact) mass is 469 g/mol. The predicted molar refractivity (Wildman–Crippen MR) is 122 cm³/mol. The van der Waals surface area contributed by atoms with Gasteiger partial charge in [0.15, 0.2) is 15.0 Å². The number of rotatable bonds is 5. The van der Waals surface area contributed by atoms with E-state index in [1.165, 1.54) is 35.0 Å². The van der Waals surface area contributed by atoms with E-state index in [1.54, 1.807) is 47.0 Å². The largest absolute Gasteiger partial charge is 0.467 e. The summed E-state index contributed by atoms with van der Waals surface area (Å²) in [7, 11) is -3.34. The summed E-state index contributed by atoms with van der Waals surface area (Å²) in [5, 5.41) is 0.464. The summed E-state index contributed by atoms with van der Waals surface area (Å²) in [6.45, 7) is 0.200. The fourth-order valence-electron chi connectivity index (χ4n) is 3.17. The minimum atomic E-state index is -3.34. The van der Waals surface area contributed by atoms with E-state index in [9.17, 15) is 13.2 Å². The van der Waals surface area contributed by atoms with Gasteiger partial charge in [0.05, 0.1) is 43.6 Å². The lowest BCUT2D eigenvalue weighted by Gasteiger charge is -2.18. The molecule has 5 rings (SSSR count). The van der Waals surface area contributed by atoms with Gasteiger partial charge in [0.1, 0.15) is 5.76 Å². The lowest BCUT2D eigenvalue weighted by Crippen LogP contribution is -2.30. The third-order valence-electron chi connectivity index (χ3n) is 4.73. The van der Waals surface area contributed by atoms with E-state index in [2.05, 4.69) is 9.97 Å². The van der Waals surface area contributed by atoms with Crippen LogP contribution in [0.15, 0.2) is 69.6 Å². The van der Waals surface area contributed by atoms with Crippen LogP contribution < -0.4 is 4.90 Å². The zero-order chi connectivity index (χ0) is 21.6. The zero-order valence-electron chi connectivity index (χ0n) is 16.2. The first-order valence-corrected chi connectivity index (χ1v) is 12.8. The first-order valence-electron chi connectivity index (χ1n) is 9.17. The van der Waals surface area contributed by atoms with Crippen LogP contribution in [0.1, 0.15) is 16.1 Å². The van der Waals surface area contributed by atoms with E-state index in [4.69, 9.17) is 4.42 Å². The van der Waals surface area contributed by atoms with Gasteiger partial charge in [0, 0.05) is 11.8 Å². The average molecular weight is 470 g/mol. The summed E-state index contributed by atoms with van der Waals surface area (Å²) in [6.07, 6.45) is 2.72. The molecule has 3 aromatic heterocycles. The SMILES string of the molecule is CS(=O)(=O)c1ccc2nc(N(Cc3ccco3)C(=O)c3ccc4ncsc4c3)sc2c1. The van der Waals surface area contributed by atoms with Crippen molar-refractivity contribution < 1.29 is 17.6 Å². The van der Waals surface area contributed by atoms with Crippen molar-refractivity contribution in [3.05, 3.63) is 71.6 Å². The Labute approximate surface area is 185 Å². The molecule has 0 unspecified atom stereocenters. The molecule has 0 radical (unpaired) electrons. The quantitative estimate of drug-likeness (QED) is 0.369. The number of amides is 1. The second-order valence-electron chi connectivity index (χ2n) is 6.90. The Kier molecular flexibility index (Phi) is 4.84. The van der Waals surface area contributed by atoms with Gasteiger partial charge in [-0.15, -0.1) is 11.3 Å². The molecule has 1 amide bonds. The van der Waals surface area contributed by atoms with Crippen LogP contribution in [-0.4, -0.2) is 30.5 Å². The van der Waals surface area contributed by atoms with Crippen molar-refractivity contribution in [2.24, 2.45) is 0 Å². The highest BCUT2D eigenvalue weighted by molar-refractivity contribution is 7.90. The first-order chi connectivity index (χ1) is 14.9. The number of benzene rings is 2. The smallest absolute Gasteiger partial charge is 0.260 e. The van der Waals surface area contributed by atoms with Crippen molar-refractivity contribution in [2.75, 3.05) is 11.2 Å². The van der Waals surface area contributed by atoms with E-state index in [0.717, 1.165) is 10.2 Å². The van der Waals surface area contributed by atoms with Crippen molar-refractivity contribution in [3.8, 4) is 0 Å². The van der Waals surface area contributed by atoms with Crippen LogP contribution >= 0.6 is 22.7 Å². The van der Waals surface area contributed by atoms with Gasteiger partial charge < -0.3 is 4.42 Å². The second kappa shape index (κ2) is 7.56. The third kappa shape index (κ3) is 3.85. The van der Waals surface area contributed by atoms with E-state index < -0.39 is 9.84 Å². The van der Waals surface area contributed by atoms with E-state index >= 15 is 0 Å². The van der Waals surface area contributed by atoms with Crippen molar-refractivity contribution in [1.29, 1.82) is 0 Å². The molecule has 0 atom stereocenters. The summed E-state index contributed by atoms with van der Waals surface area (Å²) in [6, 6.07) is 13.7. The molecular formula is C21H15N3O4S3. The lowest BCUT2D eigenvalue weighted by molar-refractivity contribution is 0.0983. The number of anilines is 1. The molecule has 7 nitrogen and oxygen atoms in total. The Hall–Kier alpha value is -3.08. The van der Waals surface area contributed by atoms with Gasteiger partial charge in [0.25, 0.3) is 5.91 Å². The van der Waals surface area contributed by atoms with Crippen LogP contribution in [0.4, 0.5) is 5.13 Å². The van der Waals surface area contributed by atoms with Crippen LogP contribution in [0.5, 0.6) is 0 Å². The number of carbonyl (C=O) groups excluding carboxylic acids is 1. The minimum absolute atomic E-state index is 0.200. The highest BCUT2D eigenvalue weighted by Crippen LogP contribution is 2.33. The number of carbonyl (C=O) groups is 1. The van der Waals surface area contributed by atoms with Crippen LogP contribution in [0.3, 0.4) is 0 Å². The van der Waals surface area contributed by atoms with Crippen LogP contribution in [0.25, 0.3) is 20.4 Å². The number of fused-ring (bicyclic) bond motifs is 2. The van der Waals surface area contributed by atoms with Gasteiger partial charge in [-0.1, -0.05) is 11.3 Å². The number of nitrogens with zero attached hydrogens (tertiary/aromatic N) is 3. The number of aromatic nitrogens is 2. The van der Waals surface area contributed by atoms with Gasteiger partial charge in [-0.25, -0.2) is 18.4 Å². The Morgan fingerprint density at radius 1 is 1.10 bits per heavy atom. The molecule has 0 N–H and O–H groups in total. The fourth-order valence-corrected chi connectivity index (χ4v) is 5.61. The molecule has 31 heavy (non-hydrogen) atoms. The van der Waals surface area contributed by atoms with Crippen molar-refractivity contribution in [2.45, 2.75) is 11.4 Å². The van der Waals surface area contributed by atoms with Crippen LogP contribution in [-0.2, 0) is 16.4 Å². The summed E-state index contributed by atoms with van der Waals surface area (Å²) in [5.74, 6) is 0.386. The van der Waals surface area contributed by atoms with E-state index in [0.29, 0.717) is 26.7 Å². The maximum Gasteiger partial charge on any atom is 0.260 e. The Bertz CT molecular complexity index is 1520. The number of thiazole rings is 2. The molecular weight excluding hydrogens is 454 g/mol. The van der Waals surface area contributed by atoms with Crippen molar-refractivity contribution >= 4 is 64.0 Å². The molecule has 0 saturated carbocycles. The second-order valence-corrected chi connectivity index (χ2v) is 10.8. The Morgan fingerprint density at radius 3 is 2.71 bits per heavy atom. The summed E-state index contributed by atoms with van der Waals surface area (Å²) < 4.78 is 30.9. The topological polar surface area (TPSA) is 93.4 Å². The summed E-state index contributed by atoms with van der Waals surface area (Å²) in [4.78, 5) is 24.1. The average Bonchev–Trinajstić information content (AvgIpc) is 3.49. The molecule has 0 fully saturated rings. The number of sulfone groups is 1. The molecule has 10 heteroatoms. The maximum atomic E-state index is 13.5. The molecule has 0 aliphatic rings. The number of furan rings is 1. The predicted octanol–water partition coefficient (Wildman–Crippen LogP) is 4.75. The normalized spacial score (nSPS) is 11.9. The maximum absolute atomic E-state index is 13.5. The van der Waals surface area contributed by atoms with Gasteiger partial charge in [-0.2, -0.15) is 0 Å². The third-order valence-corrected chi connectivity index (χ3v) is 7.67. The van der Waals surface area contributed by atoms with Gasteiger partial charge in [-0.05, 0) is 48.5 Å². The summed E-state index contributed by atoms with van der Waals surface area (Å²) in [5.41, 5.74) is 3.72. The van der Waals surface area contributed by atoms with Crippen LogP contribution in [0.2, 0.25) is 0 Å². The number of hydrogen-bond acceptors (Lipinski definition) is 8. The standard InChI is InChI=1S/C21H15N3O4S3/c1-31(26,27)15-5-7-17-19(10-15)30-21(23-17)24(11-14-3-2-8-28-14)20(25)13-4-6-16-18(9-13)29-12-22-16/h2-10,12H,11H2,1H3. The van der Waals surface area contributed by atoms with Gasteiger partial charge in [-0.3, -0.25) is 9.69 Å². The van der Waals surface area contributed by atoms with Crippen molar-refractivity contribution in [1.82, 2.24) is 9.97 Å². The molecule has 0 aliphatic heterocycles. The highest BCUT2D eigenvalue weighted by atomic mass is 32.2. The highest BCUT2D eigenvalue weighted by Gasteiger charge is 2.23. The minimum Gasteiger partial charge on any atom is -0.467 e. The summed E-state index contributed by atoms with van der Waals surface area (Å²) >= 11 is 2.73. The molecule has 0 saturated heterocycles. The zero-order valence-corrected chi connectivity index (χ0v) is 18.6. The molecule has 5 aromatic rings. The van der Waals surface area contributed by atoms with Crippen molar-refractivity contribution in [3.63, 3.8) is 0 Å². The number of hydrogen-bond donors (Lipinski definition) is 0. The lowest BCUT2D eigenvalue weighted by atomic mass is 10.2. The Morgan fingerprint density at radius 2 is 1.94 bits per heavy atom. The molecule has 3 heterocycles. The fraction of sp³-hybridized carbons (Fsp3) is 0.0952. The Balaban J connectivity index is 1.59. The van der Waals surface area contributed by atoms with E-state index in [1.807, 2.05) is 12.1 Å². The van der Waals surface area contributed by atoms with Crippen LogP contribution in [0, 0.1) is 0 Å².